The molecule has 1 N–H and O–H groups in total. The molecule has 3 rings (SSSR count). The Morgan fingerprint density at radius 2 is 1.78 bits per heavy atom. The summed E-state index contributed by atoms with van der Waals surface area (Å²) in [4.78, 5) is 34.9. The van der Waals surface area contributed by atoms with Crippen LogP contribution in [0.2, 0.25) is 0 Å². The van der Waals surface area contributed by atoms with Gasteiger partial charge in [-0.2, -0.15) is 5.26 Å². The van der Waals surface area contributed by atoms with Crippen LogP contribution in [0.5, 0.6) is 5.75 Å². The van der Waals surface area contributed by atoms with Crippen LogP contribution in [-0.2, 0) is 16.1 Å². The number of hydrogen-bond donors (Lipinski definition) is 1. The molecular weight excluding hydrogens is 610 g/mol. The number of amides is 1. The minimum Gasteiger partial charge on any atom is -0.487 e. The van der Waals surface area contributed by atoms with Crippen molar-refractivity contribution in [2.24, 2.45) is 0 Å². The van der Waals surface area contributed by atoms with Crippen molar-refractivity contribution in [1.82, 2.24) is 0 Å². The second-order valence-electron chi connectivity index (χ2n) is 7.45. The summed E-state index contributed by atoms with van der Waals surface area (Å²) in [7, 11) is 0. The van der Waals surface area contributed by atoms with Crippen LogP contribution in [0.25, 0.3) is 6.08 Å². The van der Waals surface area contributed by atoms with Crippen LogP contribution in [-0.4, -0.2) is 23.4 Å². The Labute approximate surface area is 229 Å². The Kier molecular flexibility index (Phi) is 9.54. The number of non-ortho nitro benzene ring substituents is 1. The third-order valence-corrected chi connectivity index (χ3v) is 6.03. The lowest BCUT2D eigenvalue weighted by molar-refractivity contribution is -0.384. The summed E-state index contributed by atoms with van der Waals surface area (Å²) in [6, 6.07) is 17.5. The Balaban J connectivity index is 1.72. The molecule has 1 amide bonds. The van der Waals surface area contributed by atoms with Gasteiger partial charge in [-0.1, -0.05) is 12.1 Å². The van der Waals surface area contributed by atoms with E-state index in [0.717, 1.165) is 0 Å². The number of halogens is 2. The van der Waals surface area contributed by atoms with Gasteiger partial charge in [-0.3, -0.25) is 14.9 Å². The first-order valence-corrected chi connectivity index (χ1v) is 12.4. The maximum atomic E-state index is 12.7. The topological polar surface area (TPSA) is 132 Å². The monoisotopic (exact) mass is 627 g/mol. The van der Waals surface area contributed by atoms with Gasteiger partial charge in [0, 0.05) is 17.8 Å². The fourth-order valence-corrected chi connectivity index (χ4v) is 4.58. The van der Waals surface area contributed by atoms with Crippen molar-refractivity contribution < 1.29 is 24.0 Å². The Hall–Kier alpha value is -4.01. The van der Waals surface area contributed by atoms with Crippen molar-refractivity contribution in [3.8, 4) is 11.8 Å². The molecule has 0 saturated heterocycles. The standard InChI is InChI=1S/C26H19Br2N3O6/c1-2-36-26(33)18-6-8-20(9-7-18)30-25(32)19(14-29)10-17-12-22(27)24(23(28)13-17)37-15-16-4-3-5-21(11-16)31(34)35/h3-13H,2,15H2,1H3,(H,30,32)/b19-10+. The number of nitriles is 1. The molecule has 0 saturated carbocycles. The van der Waals surface area contributed by atoms with E-state index in [4.69, 9.17) is 9.47 Å². The van der Waals surface area contributed by atoms with Gasteiger partial charge in [0.2, 0.25) is 0 Å². The minimum atomic E-state index is -0.621. The normalized spacial score (nSPS) is 10.8. The van der Waals surface area contributed by atoms with Gasteiger partial charge < -0.3 is 14.8 Å². The van der Waals surface area contributed by atoms with E-state index in [0.29, 0.717) is 37.1 Å². The predicted molar refractivity (Wildman–Crippen MR) is 144 cm³/mol. The molecule has 0 aliphatic carbocycles. The molecule has 0 aliphatic heterocycles. The van der Waals surface area contributed by atoms with Gasteiger partial charge in [-0.05, 0) is 92.4 Å². The maximum Gasteiger partial charge on any atom is 0.338 e. The molecule has 0 heterocycles. The molecule has 11 heteroatoms. The Morgan fingerprint density at radius 1 is 1.11 bits per heavy atom. The van der Waals surface area contributed by atoms with E-state index >= 15 is 0 Å². The first-order valence-electron chi connectivity index (χ1n) is 10.8. The third kappa shape index (κ3) is 7.49. The molecule has 0 radical (unpaired) electrons. The molecule has 0 aliphatic rings. The average Bonchev–Trinajstić information content (AvgIpc) is 2.87. The molecule has 0 atom stereocenters. The smallest absolute Gasteiger partial charge is 0.338 e. The van der Waals surface area contributed by atoms with Gasteiger partial charge in [-0.25, -0.2) is 4.79 Å². The van der Waals surface area contributed by atoms with Crippen LogP contribution in [0.4, 0.5) is 11.4 Å². The number of rotatable bonds is 9. The predicted octanol–water partition coefficient (Wildman–Crippen LogP) is 6.42. The number of ether oxygens (including phenoxy) is 2. The van der Waals surface area contributed by atoms with Crippen molar-refractivity contribution in [3.63, 3.8) is 0 Å². The Bertz CT molecular complexity index is 1390. The molecular formula is C26H19Br2N3O6. The zero-order chi connectivity index (χ0) is 26.9. The van der Waals surface area contributed by atoms with E-state index in [9.17, 15) is 25.0 Å². The number of carbonyl (C=O) groups is 2. The number of nitro benzene ring substituents is 1. The van der Waals surface area contributed by atoms with Crippen LogP contribution < -0.4 is 10.1 Å². The Morgan fingerprint density at radius 3 is 2.38 bits per heavy atom. The lowest BCUT2D eigenvalue weighted by Crippen LogP contribution is -2.13. The maximum absolute atomic E-state index is 12.7. The number of hydrogen-bond acceptors (Lipinski definition) is 7. The summed E-state index contributed by atoms with van der Waals surface area (Å²) in [5.41, 5.74) is 1.75. The van der Waals surface area contributed by atoms with Gasteiger partial charge >= 0.3 is 5.97 Å². The first-order chi connectivity index (χ1) is 17.7. The van der Waals surface area contributed by atoms with Crippen LogP contribution >= 0.6 is 31.9 Å². The summed E-state index contributed by atoms with van der Waals surface area (Å²) in [6.07, 6.45) is 1.42. The van der Waals surface area contributed by atoms with Crippen molar-refractivity contribution in [3.05, 3.63) is 102 Å². The lowest BCUT2D eigenvalue weighted by atomic mass is 10.1. The quantitative estimate of drug-likeness (QED) is 0.0950. The summed E-state index contributed by atoms with van der Waals surface area (Å²) < 4.78 is 11.9. The molecule has 0 spiro atoms. The number of nitro groups is 1. The van der Waals surface area contributed by atoms with E-state index < -0.39 is 16.8 Å². The molecule has 0 aromatic heterocycles. The summed E-state index contributed by atoms with van der Waals surface area (Å²) in [5, 5.41) is 23.1. The van der Waals surface area contributed by atoms with E-state index in [1.165, 1.54) is 30.3 Å². The molecule has 3 aromatic carbocycles. The van der Waals surface area contributed by atoms with Gasteiger partial charge in [0.05, 0.1) is 26.0 Å². The number of anilines is 1. The lowest BCUT2D eigenvalue weighted by Gasteiger charge is -2.12. The minimum absolute atomic E-state index is 0.0306. The van der Waals surface area contributed by atoms with Crippen molar-refractivity contribution in [1.29, 1.82) is 5.26 Å². The summed E-state index contributed by atoms with van der Waals surface area (Å²) >= 11 is 6.86. The number of carbonyl (C=O) groups excluding carboxylic acids is 2. The van der Waals surface area contributed by atoms with Crippen LogP contribution in [0.3, 0.4) is 0 Å². The molecule has 188 valence electrons. The van der Waals surface area contributed by atoms with Crippen LogP contribution in [0.1, 0.15) is 28.4 Å². The van der Waals surface area contributed by atoms with E-state index in [1.54, 1.807) is 43.3 Å². The summed E-state index contributed by atoms with van der Waals surface area (Å²) in [5.74, 6) is -0.635. The van der Waals surface area contributed by atoms with E-state index in [-0.39, 0.29) is 24.5 Å². The van der Waals surface area contributed by atoms with Gasteiger partial charge in [0.25, 0.3) is 11.6 Å². The number of benzene rings is 3. The SMILES string of the molecule is CCOC(=O)c1ccc(NC(=O)/C(C#N)=C/c2cc(Br)c(OCc3cccc([N+](=O)[O-])c3)c(Br)c2)cc1. The van der Waals surface area contributed by atoms with Crippen molar-refractivity contribution in [2.75, 3.05) is 11.9 Å². The molecule has 0 fully saturated rings. The van der Waals surface area contributed by atoms with Crippen molar-refractivity contribution >= 4 is 61.2 Å². The zero-order valence-corrected chi connectivity index (χ0v) is 22.5. The zero-order valence-electron chi connectivity index (χ0n) is 19.4. The first kappa shape index (κ1) is 27.6. The highest BCUT2D eigenvalue weighted by molar-refractivity contribution is 9.11. The van der Waals surface area contributed by atoms with Gasteiger partial charge in [0.15, 0.2) is 0 Å². The highest BCUT2D eigenvalue weighted by Gasteiger charge is 2.14. The second kappa shape index (κ2) is 12.8. The van der Waals surface area contributed by atoms with Crippen molar-refractivity contribution in [2.45, 2.75) is 13.5 Å². The molecule has 37 heavy (non-hydrogen) atoms. The highest BCUT2D eigenvalue weighted by Crippen LogP contribution is 2.36. The van der Waals surface area contributed by atoms with Gasteiger partial charge in [-0.15, -0.1) is 0 Å². The van der Waals surface area contributed by atoms with Crippen LogP contribution in [0, 0.1) is 21.4 Å². The highest BCUT2D eigenvalue weighted by atomic mass is 79.9. The number of nitrogens with zero attached hydrogens (tertiary/aromatic N) is 2. The molecule has 0 bridgehead atoms. The third-order valence-electron chi connectivity index (χ3n) is 4.86. The van der Waals surface area contributed by atoms with Gasteiger partial charge in [0.1, 0.15) is 24.0 Å². The van der Waals surface area contributed by atoms with Crippen LogP contribution in [0.15, 0.2) is 75.2 Å². The molecule has 9 nitrogen and oxygen atoms in total. The molecule has 3 aromatic rings. The summed E-state index contributed by atoms with van der Waals surface area (Å²) in [6.45, 7) is 2.06. The van der Waals surface area contributed by atoms with E-state index in [2.05, 4.69) is 37.2 Å². The molecule has 0 unspecified atom stereocenters. The fourth-order valence-electron chi connectivity index (χ4n) is 3.13. The largest absolute Gasteiger partial charge is 0.487 e. The average molecular weight is 629 g/mol. The fraction of sp³-hybridized carbons (Fsp3) is 0.115. The van der Waals surface area contributed by atoms with E-state index in [1.807, 2.05) is 6.07 Å². The second-order valence-corrected chi connectivity index (χ2v) is 9.16. The number of esters is 1. The number of nitrogens with one attached hydrogen (secondary N) is 1.